The highest BCUT2D eigenvalue weighted by Gasteiger charge is 2.11. The number of carbonyl (C=O) groups excluding carboxylic acids is 2. The predicted octanol–water partition coefficient (Wildman–Crippen LogP) is 1.54. The average Bonchev–Trinajstić information content (AvgIpc) is 2.68. The number of methoxy groups -OCH3 is 1. The van der Waals surface area contributed by atoms with E-state index in [1.54, 1.807) is 18.2 Å². The fourth-order valence-corrected chi connectivity index (χ4v) is 1.64. The number of nitrogens with two attached hydrogens (primary N) is 1. The van der Waals surface area contributed by atoms with E-state index in [2.05, 4.69) is 4.99 Å². The van der Waals surface area contributed by atoms with Gasteiger partial charge in [0.1, 0.15) is 11.4 Å². The maximum absolute atomic E-state index is 11.2. The number of benzene rings is 1. The Morgan fingerprint density at radius 2 is 2.29 bits per heavy atom. The van der Waals surface area contributed by atoms with Gasteiger partial charge in [-0.2, -0.15) is 4.99 Å². The van der Waals surface area contributed by atoms with E-state index in [-0.39, 0.29) is 0 Å². The second-order valence-corrected chi connectivity index (χ2v) is 3.31. The molecule has 86 valence electrons. The van der Waals surface area contributed by atoms with E-state index in [1.165, 1.54) is 24.0 Å². The smallest absolute Gasteiger partial charge is 0.323 e. The first kappa shape index (κ1) is 10.9. The largest absolute Gasteiger partial charge is 0.497 e. The molecule has 0 unspecified atom stereocenters. The molecule has 0 spiro atoms. The van der Waals surface area contributed by atoms with E-state index < -0.39 is 6.03 Å². The Labute approximate surface area is 96.3 Å². The Morgan fingerprint density at radius 1 is 1.53 bits per heavy atom. The Kier molecular flexibility index (Phi) is 2.64. The molecule has 2 rings (SSSR count). The lowest BCUT2D eigenvalue weighted by Gasteiger charge is -2.01. The number of aromatic nitrogens is 1. The first-order valence-corrected chi connectivity index (χ1v) is 4.74. The number of isocyanates is 1. The van der Waals surface area contributed by atoms with Gasteiger partial charge in [-0.25, -0.2) is 9.59 Å². The Balaban J connectivity index is 2.80. The first-order chi connectivity index (χ1) is 8.17. The summed E-state index contributed by atoms with van der Waals surface area (Å²) in [6.07, 6.45) is 2.82. The fraction of sp³-hybridized carbons (Fsp3) is 0.0909. The van der Waals surface area contributed by atoms with Crippen molar-refractivity contribution in [1.29, 1.82) is 0 Å². The van der Waals surface area contributed by atoms with Crippen LogP contribution in [0.25, 0.3) is 10.9 Å². The van der Waals surface area contributed by atoms with Gasteiger partial charge in [0.25, 0.3) is 0 Å². The van der Waals surface area contributed by atoms with Crippen molar-refractivity contribution >= 4 is 28.7 Å². The van der Waals surface area contributed by atoms with Gasteiger partial charge in [-0.3, -0.25) is 4.57 Å². The standard InChI is InChI=1S/C11H9N3O3/c1-17-7-2-3-10-8(4-7)9(13-6-15)5-14(10)11(12)16/h2-5H,1H3,(H2,12,16). The number of primary amides is 1. The molecule has 0 aliphatic heterocycles. The third-order valence-corrected chi connectivity index (χ3v) is 2.39. The lowest BCUT2D eigenvalue weighted by Crippen LogP contribution is -2.17. The van der Waals surface area contributed by atoms with Crippen LogP contribution in [0.15, 0.2) is 29.4 Å². The Morgan fingerprint density at radius 3 is 2.88 bits per heavy atom. The molecule has 0 aliphatic rings. The van der Waals surface area contributed by atoms with Gasteiger partial charge in [0.2, 0.25) is 6.08 Å². The molecular weight excluding hydrogens is 222 g/mol. The summed E-state index contributed by atoms with van der Waals surface area (Å²) in [5.74, 6) is 0.599. The lowest BCUT2D eigenvalue weighted by atomic mass is 10.2. The van der Waals surface area contributed by atoms with Gasteiger partial charge in [-0.15, -0.1) is 0 Å². The van der Waals surface area contributed by atoms with Gasteiger partial charge in [-0.05, 0) is 18.2 Å². The molecule has 6 heteroatoms. The molecule has 0 radical (unpaired) electrons. The Bertz CT molecular complexity index is 639. The van der Waals surface area contributed by atoms with E-state index in [0.29, 0.717) is 22.3 Å². The van der Waals surface area contributed by atoms with E-state index in [1.807, 2.05) is 0 Å². The second-order valence-electron chi connectivity index (χ2n) is 3.31. The molecule has 2 aromatic rings. The predicted molar refractivity (Wildman–Crippen MR) is 61.3 cm³/mol. The quantitative estimate of drug-likeness (QED) is 0.628. The first-order valence-electron chi connectivity index (χ1n) is 4.74. The van der Waals surface area contributed by atoms with Gasteiger partial charge in [0.05, 0.1) is 12.6 Å². The minimum absolute atomic E-state index is 0.327. The number of ether oxygens (including phenoxy) is 1. The highest BCUT2D eigenvalue weighted by Crippen LogP contribution is 2.31. The molecule has 0 saturated carbocycles. The maximum Gasteiger partial charge on any atom is 0.323 e. The van der Waals surface area contributed by atoms with Crippen molar-refractivity contribution in [1.82, 2.24) is 4.57 Å². The monoisotopic (exact) mass is 231 g/mol. The molecule has 0 bridgehead atoms. The van der Waals surface area contributed by atoms with E-state index >= 15 is 0 Å². The zero-order valence-electron chi connectivity index (χ0n) is 9.01. The molecule has 1 aromatic carbocycles. The van der Waals surface area contributed by atoms with Crippen LogP contribution < -0.4 is 10.5 Å². The summed E-state index contributed by atoms with van der Waals surface area (Å²) >= 11 is 0. The van der Waals surface area contributed by atoms with Gasteiger partial charge in [0, 0.05) is 11.6 Å². The van der Waals surface area contributed by atoms with Crippen LogP contribution in [-0.4, -0.2) is 23.8 Å². The van der Waals surface area contributed by atoms with Crippen LogP contribution >= 0.6 is 0 Å². The number of rotatable bonds is 2. The number of carbonyl (C=O) groups is 1. The van der Waals surface area contributed by atoms with Gasteiger partial charge in [-0.1, -0.05) is 0 Å². The van der Waals surface area contributed by atoms with E-state index in [4.69, 9.17) is 10.5 Å². The zero-order valence-corrected chi connectivity index (χ0v) is 9.01. The van der Waals surface area contributed by atoms with Crippen LogP contribution in [0.3, 0.4) is 0 Å². The number of hydrogen-bond donors (Lipinski definition) is 1. The SMILES string of the molecule is COc1ccc2c(c1)c(N=C=O)cn2C(N)=O. The summed E-state index contributed by atoms with van der Waals surface area (Å²) in [7, 11) is 1.52. The second kappa shape index (κ2) is 4.11. The molecule has 0 saturated heterocycles. The van der Waals surface area contributed by atoms with Crippen LogP contribution in [0, 0.1) is 0 Å². The van der Waals surface area contributed by atoms with E-state index in [9.17, 15) is 9.59 Å². The highest BCUT2D eigenvalue weighted by atomic mass is 16.5. The summed E-state index contributed by atoms with van der Waals surface area (Å²) in [4.78, 5) is 25.0. The van der Waals surface area contributed by atoms with Crippen LogP contribution in [0.1, 0.15) is 0 Å². The molecule has 1 heterocycles. The van der Waals surface area contributed by atoms with Crippen molar-refractivity contribution in [2.75, 3.05) is 7.11 Å². The number of aliphatic imine (C=N–C) groups is 1. The van der Waals surface area contributed by atoms with Crippen molar-refractivity contribution in [2.24, 2.45) is 10.7 Å². The fourth-order valence-electron chi connectivity index (χ4n) is 1.64. The van der Waals surface area contributed by atoms with Crippen LogP contribution in [0.2, 0.25) is 0 Å². The Hall–Kier alpha value is -2.59. The number of amides is 1. The van der Waals surface area contributed by atoms with Crippen molar-refractivity contribution in [3.63, 3.8) is 0 Å². The number of nitrogens with zero attached hydrogens (tertiary/aromatic N) is 2. The topological polar surface area (TPSA) is 86.7 Å². The summed E-state index contributed by atoms with van der Waals surface area (Å²) in [5, 5.41) is 0.603. The maximum atomic E-state index is 11.2. The van der Waals surface area contributed by atoms with Crippen molar-refractivity contribution in [3.8, 4) is 5.75 Å². The third-order valence-electron chi connectivity index (χ3n) is 2.39. The van der Waals surface area contributed by atoms with Crippen LogP contribution in [0.4, 0.5) is 10.5 Å². The molecule has 0 aliphatic carbocycles. The normalized spacial score (nSPS) is 9.94. The molecule has 0 fully saturated rings. The zero-order chi connectivity index (χ0) is 12.4. The molecule has 0 atom stereocenters. The van der Waals surface area contributed by atoms with Crippen LogP contribution in [0.5, 0.6) is 5.75 Å². The summed E-state index contributed by atoms with van der Waals surface area (Å²) in [5.41, 5.74) is 6.10. The summed E-state index contributed by atoms with van der Waals surface area (Å²) in [6, 6.07) is 4.39. The number of hydrogen-bond acceptors (Lipinski definition) is 4. The van der Waals surface area contributed by atoms with Crippen LogP contribution in [-0.2, 0) is 4.79 Å². The van der Waals surface area contributed by atoms with Gasteiger partial charge in [0.15, 0.2) is 0 Å². The molecular formula is C11H9N3O3. The number of fused-ring (bicyclic) bond motifs is 1. The minimum atomic E-state index is -0.646. The van der Waals surface area contributed by atoms with Crippen molar-refractivity contribution in [3.05, 3.63) is 24.4 Å². The summed E-state index contributed by atoms with van der Waals surface area (Å²) in [6.45, 7) is 0. The van der Waals surface area contributed by atoms with E-state index in [0.717, 1.165) is 0 Å². The summed E-state index contributed by atoms with van der Waals surface area (Å²) < 4.78 is 6.27. The molecule has 17 heavy (non-hydrogen) atoms. The van der Waals surface area contributed by atoms with Gasteiger partial charge < -0.3 is 10.5 Å². The third kappa shape index (κ3) is 1.77. The van der Waals surface area contributed by atoms with Crippen molar-refractivity contribution in [2.45, 2.75) is 0 Å². The minimum Gasteiger partial charge on any atom is -0.497 e. The van der Waals surface area contributed by atoms with Gasteiger partial charge >= 0.3 is 6.03 Å². The van der Waals surface area contributed by atoms with Crippen molar-refractivity contribution < 1.29 is 14.3 Å². The molecule has 6 nitrogen and oxygen atoms in total. The molecule has 2 N–H and O–H groups in total. The lowest BCUT2D eigenvalue weighted by molar-refractivity contribution is 0.251. The molecule has 1 aromatic heterocycles. The molecule has 1 amide bonds. The highest BCUT2D eigenvalue weighted by molar-refractivity contribution is 5.99. The average molecular weight is 231 g/mol.